The van der Waals surface area contributed by atoms with E-state index in [0.29, 0.717) is 31.8 Å². The largest absolute Gasteiger partial charge is 0.466 e. The van der Waals surface area contributed by atoms with Crippen molar-refractivity contribution in [2.45, 2.75) is 155 Å². The molecular formula is C40H74N2O5S. The van der Waals surface area contributed by atoms with E-state index in [1.54, 1.807) is 11.8 Å². The molecule has 8 heteroatoms. The molecular weight excluding hydrogens is 621 g/mol. The number of rotatable bonds is 35. The predicted octanol–water partition coefficient (Wildman–Crippen LogP) is 9.93. The van der Waals surface area contributed by atoms with Gasteiger partial charge in [0.15, 0.2) is 0 Å². The van der Waals surface area contributed by atoms with E-state index in [0.717, 1.165) is 102 Å². The van der Waals surface area contributed by atoms with Crippen LogP contribution in [0, 0.1) is 0 Å². The highest BCUT2D eigenvalue weighted by Gasteiger charge is 2.13. The molecule has 0 fully saturated rings. The number of carbonyl (C=O) groups excluding carboxylic acids is 3. The van der Waals surface area contributed by atoms with E-state index in [9.17, 15) is 14.4 Å². The molecule has 0 aromatic rings. The van der Waals surface area contributed by atoms with Crippen molar-refractivity contribution in [2.24, 2.45) is 0 Å². The van der Waals surface area contributed by atoms with Crippen LogP contribution in [0.2, 0.25) is 0 Å². The molecule has 0 aromatic heterocycles. The maximum atomic E-state index is 13.0. The lowest BCUT2D eigenvalue weighted by Crippen LogP contribution is -2.34. The summed E-state index contributed by atoms with van der Waals surface area (Å²) in [6.07, 6.45) is 31.1. The van der Waals surface area contributed by atoms with Crippen molar-refractivity contribution in [1.82, 2.24) is 9.80 Å². The average Bonchev–Trinajstić information content (AvgIpc) is 3.07. The van der Waals surface area contributed by atoms with Crippen LogP contribution in [0.4, 0.5) is 0 Å². The van der Waals surface area contributed by atoms with Gasteiger partial charge >= 0.3 is 11.9 Å². The summed E-state index contributed by atoms with van der Waals surface area (Å²) in [6, 6.07) is 0. The van der Waals surface area contributed by atoms with Crippen LogP contribution in [-0.2, 0) is 23.9 Å². The topological polar surface area (TPSA) is 76.1 Å². The highest BCUT2D eigenvalue weighted by atomic mass is 32.2. The van der Waals surface area contributed by atoms with Gasteiger partial charge in [-0.15, -0.1) is 0 Å². The van der Waals surface area contributed by atoms with Crippen molar-refractivity contribution in [3.63, 3.8) is 0 Å². The van der Waals surface area contributed by atoms with Crippen LogP contribution in [0.3, 0.4) is 0 Å². The van der Waals surface area contributed by atoms with Crippen LogP contribution in [-0.4, -0.2) is 86.1 Å². The van der Waals surface area contributed by atoms with Gasteiger partial charge in [0.25, 0.3) is 0 Å². The van der Waals surface area contributed by atoms with Gasteiger partial charge in [0.05, 0.1) is 19.0 Å². The smallest absolute Gasteiger partial charge is 0.306 e. The molecule has 280 valence electrons. The molecule has 0 heterocycles. The quantitative estimate of drug-likeness (QED) is 0.0371. The highest BCUT2D eigenvalue weighted by molar-refractivity contribution is 7.99. The van der Waals surface area contributed by atoms with Crippen LogP contribution < -0.4 is 0 Å². The van der Waals surface area contributed by atoms with Crippen molar-refractivity contribution in [1.29, 1.82) is 0 Å². The van der Waals surface area contributed by atoms with Gasteiger partial charge in [-0.1, -0.05) is 89.5 Å². The Morgan fingerprint density at radius 3 is 1.44 bits per heavy atom. The number of unbranched alkanes of at least 4 members (excludes halogenated alkanes) is 14. The monoisotopic (exact) mass is 695 g/mol. The first-order valence-electron chi connectivity index (χ1n) is 19.5. The first-order valence-corrected chi connectivity index (χ1v) is 20.7. The minimum Gasteiger partial charge on any atom is -0.466 e. The third-order valence-electron chi connectivity index (χ3n) is 8.24. The Bertz CT molecular complexity index is 765. The number of esters is 2. The lowest BCUT2D eigenvalue weighted by Gasteiger charge is -2.23. The Morgan fingerprint density at radius 1 is 0.542 bits per heavy atom. The third kappa shape index (κ3) is 34.1. The highest BCUT2D eigenvalue weighted by Crippen LogP contribution is 2.11. The Kier molecular flexibility index (Phi) is 35.1. The summed E-state index contributed by atoms with van der Waals surface area (Å²) < 4.78 is 10.8. The molecule has 0 atom stereocenters. The van der Waals surface area contributed by atoms with E-state index < -0.39 is 0 Å². The number of ether oxygens (including phenoxy) is 2. The summed E-state index contributed by atoms with van der Waals surface area (Å²) in [5.74, 6) is 1.50. The summed E-state index contributed by atoms with van der Waals surface area (Å²) in [5, 5.41) is 0. The van der Waals surface area contributed by atoms with E-state index in [4.69, 9.17) is 9.47 Å². The maximum Gasteiger partial charge on any atom is 0.306 e. The van der Waals surface area contributed by atoms with Crippen molar-refractivity contribution in [3.05, 3.63) is 24.3 Å². The molecule has 0 radical (unpaired) electrons. The normalized spacial score (nSPS) is 11.6. The zero-order valence-corrected chi connectivity index (χ0v) is 32.5. The van der Waals surface area contributed by atoms with Crippen LogP contribution in [0.15, 0.2) is 24.3 Å². The SMILES string of the molecule is CCCCCCC=CCCC(=O)OCCCCCCN(CCCCCCOC(=O)CCC=CCCCCCC)C(=O)CSCCN(C)C. The van der Waals surface area contributed by atoms with Crippen molar-refractivity contribution in [3.8, 4) is 0 Å². The summed E-state index contributed by atoms with van der Waals surface area (Å²) >= 11 is 1.71. The number of amides is 1. The summed E-state index contributed by atoms with van der Waals surface area (Å²) in [4.78, 5) is 41.2. The molecule has 7 nitrogen and oxygen atoms in total. The second kappa shape index (κ2) is 36.5. The molecule has 0 saturated heterocycles. The zero-order chi connectivity index (χ0) is 35.3. The van der Waals surface area contributed by atoms with Gasteiger partial charge in [0.1, 0.15) is 0 Å². The van der Waals surface area contributed by atoms with Crippen molar-refractivity contribution in [2.75, 3.05) is 58.4 Å². The Balaban J connectivity index is 4.12. The molecule has 0 aliphatic heterocycles. The molecule has 0 rings (SSSR count). The van der Waals surface area contributed by atoms with Crippen LogP contribution in [0.25, 0.3) is 0 Å². The fraction of sp³-hybridized carbons (Fsp3) is 0.825. The van der Waals surface area contributed by atoms with Crippen molar-refractivity contribution >= 4 is 29.6 Å². The second-order valence-corrected chi connectivity index (χ2v) is 14.3. The second-order valence-electron chi connectivity index (χ2n) is 13.2. The van der Waals surface area contributed by atoms with Gasteiger partial charge in [0, 0.05) is 38.2 Å². The predicted molar refractivity (Wildman–Crippen MR) is 206 cm³/mol. The minimum atomic E-state index is -0.108. The molecule has 0 aliphatic rings. The van der Waals surface area contributed by atoms with E-state index in [1.807, 2.05) is 4.90 Å². The minimum absolute atomic E-state index is 0.108. The fourth-order valence-corrected chi connectivity index (χ4v) is 6.14. The van der Waals surface area contributed by atoms with Gasteiger partial charge < -0.3 is 19.3 Å². The van der Waals surface area contributed by atoms with Crippen LogP contribution in [0.5, 0.6) is 0 Å². The Hall–Kier alpha value is -1.80. The maximum absolute atomic E-state index is 13.0. The summed E-state index contributed by atoms with van der Waals surface area (Å²) in [5.41, 5.74) is 0. The van der Waals surface area contributed by atoms with E-state index in [-0.39, 0.29) is 17.8 Å². The van der Waals surface area contributed by atoms with Gasteiger partial charge in [0.2, 0.25) is 5.91 Å². The first-order chi connectivity index (χ1) is 23.4. The zero-order valence-electron chi connectivity index (χ0n) is 31.7. The number of nitrogens with zero attached hydrogens (tertiary/aromatic N) is 2. The molecule has 0 saturated carbocycles. The molecule has 0 aromatic carbocycles. The van der Waals surface area contributed by atoms with Crippen LogP contribution in [0.1, 0.15) is 155 Å². The molecule has 1 amide bonds. The number of hydrogen-bond acceptors (Lipinski definition) is 7. The molecule has 48 heavy (non-hydrogen) atoms. The molecule has 0 bridgehead atoms. The summed E-state index contributed by atoms with van der Waals surface area (Å²) in [6.45, 7) is 7.94. The Labute approximate surface area is 300 Å². The van der Waals surface area contributed by atoms with Gasteiger partial charge in [-0.05, 0) is 91.1 Å². The molecule has 0 aliphatic carbocycles. The van der Waals surface area contributed by atoms with E-state index in [2.05, 4.69) is 57.1 Å². The van der Waals surface area contributed by atoms with Gasteiger partial charge in [-0.2, -0.15) is 11.8 Å². The third-order valence-corrected chi connectivity index (χ3v) is 9.17. The molecule has 0 unspecified atom stereocenters. The van der Waals surface area contributed by atoms with E-state index in [1.165, 1.54) is 51.4 Å². The first kappa shape index (κ1) is 46.2. The molecule has 0 spiro atoms. The average molecular weight is 695 g/mol. The fourth-order valence-electron chi connectivity index (χ4n) is 5.14. The van der Waals surface area contributed by atoms with Crippen LogP contribution >= 0.6 is 11.8 Å². The molecule has 0 N–H and O–H groups in total. The number of thioether (sulfide) groups is 1. The number of carbonyl (C=O) groups is 3. The summed E-state index contributed by atoms with van der Waals surface area (Å²) in [7, 11) is 4.11. The lowest BCUT2D eigenvalue weighted by molar-refractivity contribution is -0.144. The van der Waals surface area contributed by atoms with Gasteiger partial charge in [-0.25, -0.2) is 0 Å². The van der Waals surface area contributed by atoms with Crippen molar-refractivity contribution < 1.29 is 23.9 Å². The van der Waals surface area contributed by atoms with Gasteiger partial charge in [-0.3, -0.25) is 14.4 Å². The number of allylic oxidation sites excluding steroid dienone is 4. The standard InChI is InChI=1S/C40H74N2O5S/c1-5-7-9-11-13-15-17-23-29-39(44)46-34-27-21-19-25-31-42(38(43)37-48-36-33-41(3)4)32-26-20-22-28-35-47-40(45)30-24-18-16-14-12-10-8-6-2/h15-18H,5-14,19-37H2,1-4H3. The van der Waals surface area contributed by atoms with E-state index >= 15 is 0 Å². The number of hydrogen-bond donors (Lipinski definition) is 0. The Morgan fingerprint density at radius 2 is 0.979 bits per heavy atom. The lowest BCUT2D eigenvalue weighted by atomic mass is 10.1.